The van der Waals surface area contributed by atoms with Crippen LogP contribution >= 0.6 is 0 Å². The van der Waals surface area contributed by atoms with E-state index in [4.69, 9.17) is 9.84 Å². The van der Waals surface area contributed by atoms with Crippen molar-refractivity contribution in [2.45, 2.75) is 32.7 Å². The smallest absolute Gasteiger partial charge is 0.323 e. The van der Waals surface area contributed by atoms with Crippen LogP contribution < -0.4 is 4.74 Å². The minimum absolute atomic E-state index is 0.269. The number of rotatable bonds is 3. The third kappa shape index (κ3) is 2.92. The Morgan fingerprint density at radius 3 is 2.65 bits per heavy atom. The minimum atomic E-state index is -1.02. The fourth-order valence-corrected chi connectivity index (χ4v) is 2.22. The van der Waals surface area contributed by atoms with Crippen LogP contribution in [0.15, 0.2) is 18.2 Å². The SMILES string of the molecule is CC(C)(C)N(CC(=O)O)C(=O)c1ccc2c(c1)CCO2. The largest absolute Gasteiger partial charge is 0.493 e. The van der Waals surface area contributed by atoms with Gasteiger partial charge in [0.25, 0.3) is 5.91 Å². The summed E-state index contributed by atoms with van der Waals surface area (Å²) in [6.45, 7) is 5.79. The highest BCUT2D eigenvalue weighted by Crippen LogP contribution is 2.27. The van der Waals surface area contributed by atoms with Gasteiger partial charge in [-0.25, -0.2) is 0 Å². The van der Waals surface area contributed by atoms with Gasteiger partial charge >= 0.3 is 5.97 Å². The number of carboxylic acid groups (broad SMARTS) is 1. The van der Waals surface area contributed by atoms with E-state index in [1.807, 2.05) is 20.8 Å². The molecule has 1 aromatic carbocycles. The normalized spacial score (nSPS) is 13.6. The third-order valence-electron chi connectivity index (χ3n) is 3.28. The quantitative estimate of drug-likeness (QED) is 0.917. The van der Waals surface area contributed by atoms with Gasteiger partial charge in [-0.05, 0) is 44.5 Å². The number of carboxylic acids is 1. The first-order valence-electron chi connectivity index (χ1n) is 6.58. The van der Waals surface area contributed by atoms with Crippen LogP contribution in [0, 0.1) is 0 Å². The number of nitrogens with zero attached hydrogens (tertiary/aromatic N) is 1. The first kappa shape index (κ1) is 14.4. The number of benzene rings is 1. The van der Waals surface area contributed by atoms with E-state index in [1.165, 1.54) is 4.90 Å². The van der Waals surface area contributed by atoms with Crippen LogP contribution in [0.1, 0.15) is 36.7 Å². The van der Waals surface area contributed by atoms with Crippen LogP contribution in [-0.4, -0.2) is 40.6 Å². The second-order valence-corrected chi connectivity index (χ2v) is 5.88. The zero-order valence-electron chi connectivity index (χ0n) is 12.0. The summed E-state index contributed by atoms with van der Waals surface area (Å²) in [6, 6.07) is 5.26. The van der Waals surface area contributed by atoms with Crippen molar-refractivity contribution >= 4 is 11.9 Å². The summed E-state index contributed by atoms with van der Waals surface area (Å²) >= 11 is 0. The fraction of sp³-hybridized carbons (Fsp3) is 0.467. The molecule has 0 aromatic heterocycles. The van der Waals surface area contributed by atoms with Crippen molar-refractivity contribution in [1.29, 1.82) is 0 Å². The molecular formula is C15H19NO4. The van der Waals surface area contributed by atoms with Crippen molar-refractivity contribution in [3.8, 4) is 5.75 Å². The first-order chi connectivity index (χ1) is 9.29. The van der Waals surface area contributed by atoms with Crippen LogP contribution in [0.25, 0.3) is 0 Å². The van der Waals surface area contributed by atoms with E-state index in [9.17, 15) is 9.59 Å². The van der Waals surface area contributed by atoms with Crippen LogP contribution in [0.4, 0.5) is 0 Å². The summed E-state index contributed by atoms with van der Waals surface area (Å²) in [6.07, 6.45) is 0.783. The second kappa shape index (κ2) is 5.15. The van der Waals surface area contributed by atoms with E-state index in [2.05, 4.69) is 0 Å². The fourth-order valence-electron chi connectivity index (χ4n) is 2.22. The lowest BCUT2D eigenvalue weighted by Gasteiger charge is -2.34. The Hall–Kier alpha value is -2.04. The lowest BCUT2D eigenvalue weighted by Crippen LogP contribution is -2.48. The molecule has 5 nitrogen and oxygen atoms in total. The molecule has 0 saturated carbocycles. The Bertz CT molecular complexity index is 545. The van der Waals surface area contributed by atoms with Gasteiger partial charge in [0.15, 0.2) is 0 Å². The topological polar surface area (TPSA) is 66.8 Å². The number of ether oxygens (including phenoxy) is 1. The predicted molar refractivity (Wildman–Crippen MR) is 74.1 cm³/mol. The highest BCUT2D eigenvalue weighted by molar-refractivity contribution is 5.96. The van der Waals surface area contributed by atoms with E-state index in [1.54, 1.807) is 18.2 Å². The molecule has 0 unspecified atom stereocenters. The Morgan fingerprint density at radius 2 is 2.05 bits per heavy atom. The monoisotopic (exact) mass is 277 g/mol. The standard InChI is InChI=1S/C15H19NO4/c1-15(2,3)16(9-13(17)18)14(19)11-4-5-12-10(8-11)6-7-20-12/h4-5,8H,6-7,9H2,1-3H3,(H,17,18). The molecule has 0 radical (unpaired) electrons. The number of hydrogen-bond donors (Lipinski definition) is 1. The van der Waals surface area contributed by atoms with E-state index >= 15 is 0 Å². The van der Waals surface area contributed by atoms with E-state index in [0.29, 0.717) is 12.2 Å². The minimum Gasteiger partial charge on any atom is -0.493 e. The van der Waals surface area contributed by atoms with Gasteiger partial charge < -0.3 is 14.7 Å². The van der Waals surface area contributed by atoms with E-state index in [-0.39, 0.29) is 12.5 Å². The molecular weight excluding hydrogens is 258 g/mol. The van der Waals surface area contributed by atoms with Gasteiger partial charge in [0, 0.05) is 17.5 Å². The number of fused-ring (bicyclic) bond motifs is 1. The van der Waals surface area contributed by atoms with Crippen molar-refractivity contribution in [1.82, 2.24) is 4.90 Å². The Morgan fingerprint density at radius 1 is 1.35 bits per heavy atom. The molecule has 1 amide bonds. The lowest BCUT2D eigenvalue weighted by molar-refractivity contribution is -0.138. The summed E-state index contributed by atoms with van der Waals surface area (Å²) in [4.78, 5) is 24.9. The molecule has 20 heavy (non-hydrogen) atoms. The molecule has 0 spiro atoms. The van der Waals surface area contributed by atoms with Gasteiger partial charge in [-0.3, -0.25) is 9.59 Å². The second-order valence-electron chi connectivity index (χ2n) is 5.88. The number of carbonyl (C=O) groups excluding carboxylic acids is 1. The molecule has 1 N–H and O–H groups in total. The highest BCUT2D eigenvalue weighted by Gasteiger charge is 2.29. The van der Waals surface area contributed by atoms with Gasteiger partial charge in [0.2, 0.25) is 0 Å². The van der Waals surface area contributed by atoms with Crippen LogP contribution in [-0.2, 0) is 11.2 Å². The molecule has 1 heterocycles. The Kier molecular flexibility index (Phi) is 3.70. The molecule has 0 fully saturated rings. The molecule has 1 aliphatic rings. The predicted octanol–water partition coefficient (Wildman–Crippen LogP) is 1.95. The number of hydrogen-bond acceptors (Lipinski definition) is 3. The summed E-state index contributed by atoms with van der Waals surface area (Å²) < 4.78 is 5.41. The van der Waals surface area contributed by atoms with Crippen LogP contribution in [0.3, 0.4) is 0 Å². The molecule has 0 atom stereocenters. The maximum atomic E-state index is 12.5. The molecule has 1 aromatic rings. The van der Waals surface area contributed by atoms with Crippen molar-refractivity contribution in [2.24, 2.45) is 0 Å². The average molecular weight is 277 g/mol. The first-order valence-corrected chi connectivity index (χ1v) is 6.58. The van der Waals surface area contributed by atoms with Crippen LogP contribution in [0.2, 0.25) is 0 Å². The van der Waals surface area contributed by atoms with Crippen LogP contribution in [0.5, 0.6) is 5.75 Å². The molecule has 0 aliphatic carbocycles. The molecule has 1 aliphatic heterocycles. The van der Waals surface area contributed by atoms with Crippen molar-refractivity contribution in [2.75, 3.05) is 13.2 Å². The number of carbonyl (C=O) groups is 2. The molecule has 108 valence electrons. The average Bonchev–Trinajstić information content (AvgIpc) is 2.80. The van der Waals surface area contributed by atoms with Crippen molar-refractivity contribution < 1.29 is 19.4 Å². The van der Waals surface area contributed by atoms with Gasteiger partial charge in [-0.2, -0.15) is 0 Å². The zero-order valence-corrected chi connectivity index (χ0v) is 12.0. The summed E-state index contributed by atoms with van der Waals surface area (Å²) in [7, 11) is 0. The molecule has 0 saturated heterocycles. The Balaban J connectivity index is 2.30. The maximum Gasteiger partial charge on any atom is 0.323 e. The van der Waals surface area contributed by atoms with Gasteiger partial charge in [0.1, 0.15) is 12.3 Å². The molecule has 0 bridgehead atoms. The zero-order chi connectivity index (χ0) is 14.9. The summed E-state index contributed by atoms with van der Waals surface area (Å²) in [5, 5.41) is 8.98. The molecule has 2 rings (SSSR count). The third-order valence-corrected chi connectivity index (χ3v) is 3.28. The highest BCUT2D eigenvalue weighted by atomic mass is 16.5. The van der Waals surface area contributed by atoms with Gasteiger partial charge in [-0.1, -0.05) is 0 Å². The Labute approximate surface area is 118 Å². The summed E-state index contributed by atoms with van der Waals surface area (Å²) in [5.41, 5.74) is 0.954. The number of amides is 1. The van der Waals surface area contributed by atoms with Crippen molar-refractivity contribution in [3.63, 3.8) is 0 Å². The van der Waals surface area contributed by atoms with Gasteiger partial charge in [-0.15, -0.1) is 0 Å². The van der Waals surface area contributed by atoms with Gasteiger partial charge in [0.05, 0.1) is 6.61 Å². The number of aliphatic carboxylic acids is 1. The van der Waals surface area contributed by atoms with E-state index < -0.39 is 11.5 Å². The maximum absolute atomic E-state index is 12.5. The van der Waals surface area contributed by atoms with Crippen molar-refractivity contribution in [3.05, 3.63) is 29.3 Å². The summed E-state index contributed by atoms with van der Waals surface area (Å²) in [5.74, 6) is -0.477. The van der Waals surface area contributed by atoms with E-state index in [0.717, 1.165) is 17.7 Å². The lowest BCUT2D eigenvalue weighted by atomic mass is 10.0. The molecule has 5 heteroatoms.